The normalized spacial score (nSPS) is 17.2. The molecule has 0 bridgehead atoms. The van der Waals surface area contributed by atoms with Gasteiger partial charge in [-0.3, -0.25) is 4.57 Å². The Bertz CT molecular complexity index is 952. The molecule has 0 N–H and O–H groups in total. The van der Waals surface area contributed by atoms with E-state index >= 15 is 0 Å². The van der Waals surface area contributed by atoms with E-state index in [9.17, 15) is 4.79 Å². The van der Waals surface area contributed by atoms with Crippen molar-refractivity contribution in [1.82, 2.24) is 19.6 Å². The fraction of sp³-hybridized carbons (Fsp3) is 0.375. The van der Waals surface area contributed by atoms with Crippen molar-refractivity contribution in [3.8, 4) is 0 Å². The van der Waals surface area contributed by atoms with Gasteiger partial charge in [0.25, 0.3) is 0 Å². The Kier molecular flexibility index (Phi) is 3.64. The van der Waals surface area contributed by atoms with Crippen molar-refractivity contribution < 1.29 is 9.25 Å². The lowest BCUT2D eigenvalue weighted by molar-refractivity contribution is 0.0693. The quantitative estimate of drug-likeness (QED) is 0.713. The summed E-state index contributed by atoms with van der Waals surface area (Å²) in [6, 6.07) is 7.32. The van der Waals surface area contributed by atoms with Crippen LogP contribution in [-0.4, -0.2) is 31.4 Å². The van der Waals surface area contributed by atoms with Crippen LogP contribution in [0.1, 0.15) is 25.5 Å². The average molecular weight is 327 g/mol. The smallest absolute Gasteiger partial charge is 0.408 e. The number of oxazole rings is 1. The average Bonchev–Trinajstić information content (AvgIpc) is 3.29. The van der Waals surface area contributed by atoms with Crippen LogP contribution in [0.25, 0.3) is 11.1 Å². The number of oxime groups is 1. The SMILES string of the molecule is CCC1=NO[C@@H](Cn2cc(Cn3c(=O)oc4ccccc43)nn2)C1. The minimum atomic E-state index is -0.397. The van der Waals surface area contributed by atoms with Gasteiger partial charge in [0, 0.05) is 6.42 Å². The number of fused-ring (bicyclic) bond motifs is 1. The first-order valence-electron chi connectivity index (χ1n) is 7.92. The number of benzene rings is 1. The van der Waals surface area contributed by atoms with Gasteiger partial charge in [-0.1, -0.05) is 29.4 Å². The molecular weight excluding hydrogens is 310 g/mol. The van der Waals surface area contributed by atoms with Crippen molar-refractivity contribution in [2.75, 3.05) is 0 Å². The van der Waals surface area contributed by atoms with Gasteiger partial charge >= 0.3 is 5.76 Å². The maximum absolute atomic E-state index is 12.0. The predicted octanol–water partition coefficient (Wildman–Crippen LogP) is 1.79. The highest BCUT2D eigenvalue weighted by molar-refractivity contribution is 5.85. The van der Waals surface area contributed by atoms with Crippen LogP contribution >= 0.6 is 0 Å². The highest BCUT2D eigenvalue weighted by Crippen LogP contribution is 2.15. The summed E-state index contributed by atoms with van der Waals surface area (Å²) in [6.45, 7) is 2.96. The third-order valence-electron chi connectivity index (χ3n) is 4.07. The van der Waals surface area contributed by atoms with E-state index in [1.165, 1.54) is 0 Å². The molecule has 3 heterocycles. The highest BCUT2D eigenvalue weighted by atomic mass is 16.6. The Morgan fingerprint density at radius 2 is 2.21 bits per heavy atom. The monoisotopic (exact) mass is 327 g/mol. The summed E-state index contributed by atoms with van der Waals surface area (Å²) in [4.78, 5) is 17.4. The lowest BCUT2D eigenvalue weighted by atomic mass is 10.1. The first kappa shape index (κ1) is 14.7. The lowest BCUT2D eigenvalue weighted by Crippen LogP contribution is -2.17. The Balaban J connectivity index is 1.49. The van der Waals surface area contributed by atoms with Crippen LogP contribution < -0.4 is 5.76 Å². The fourth-order valence-electron chi connectivity index (χ4n) is 2.83. The summed E-state index contributed by atoms with van der Waals surface area (Å²) in [5.41, 5.74) is 3.07. The number of hydrogen-bond acceptors (Lipinski definition) is 6. The highest BCUT2D eigenvalue weighted by Gasteiger charge is 2.21. The molecule has 1 aromatic carbocycles. The van der Waals surface area contributed by atoms with Crippen LogP contribution in [0.2, 0.25) is 0 Å². The molecule has 4 rings (SSSR count). The van der Waals surface area contributed by atoms with Crippen LogP contribution in [0.4, 0.5) is 0 Å². The molecule has 2 aromatic heterocycles. The van der Waals surface area contributed by atoms with Gasteiger partial charge in [0.2, 0.25) is 0 Å². The van der Waals surface area contributed by atoms with E-state index in [2.05, 4.69) is 22.4 Å². The Labute approximate surface area is 137 Å². The van der Waals surface area contributed by atoms with Gasteiger partial charge in [-0.2, -0.15) is 0 Å². The van der Waals surface area contributed by atoms with E-state index in [-0.39, 0.29) is 6.10 Å². The van der Waals surface area contributed by atoms with Crippen LogP contribution in [0, 0.1) is 0 Å². The van der Waals surface area contributed by atoms with Crippen molar-refractivity contribution in [1.29, 1.82) is 0 Å². The molecule has 0 aliphatic carbocycles. The largest absolute Gasteiger partial charge is 0.420 e. The molecule has 1 aliphatic rings. The van der Waals surface area contributed by atoms with Crippen molar-refractivity contribution in [3.05, 3.63) is 46.7 Å². The first-order chi connectivity index (χ1) is 11.7. The molecule has 0 unspecified atom stereocenters. The van der Waals surface area contributed by atoms with Gasteiger partial charge in [-0.15, -0.1) is 5.10 Å². The maximum atomic E-state index is 12.0. The van der Waals surface area contributed by atoms with Gasteiger partial charge in [-0.05, 0) is 18.6 Å². The summed E-state index contributed by atoms with van der Waals surface area (Å²) in [5, 5.41) is 12.3. The maximum Gasteiger partial charge on any atom is 0.420 e. The standard InChI is InChI=1S/C16H17N5O3/c1-2-11-7-13(24-18-11)10-20-8-12(17-19-20)9-21-14-5-3-4-6-15(14)23-16(21)22/h3-6,8,13H,2,7,9-10H2,1H3/t13-/m1/s1. The Morgan fingerprint density at radius 3 is 3.04 bits per heavy atom. The molecule has 8 heteroatoms. The molecule has 8 nitrogen and oxygen atoms in total. The van der Waals surface area contributed by atoms with Gasteiger partial charge in [0.15, 0.2) is 11.7 Å². The second-order valence-corrected chi connectivity index (χ2v) is 5.80. The van der Waals surface area contributed by atoms with Gasteiger partial charge < -0.3 is 9.25 Å². The first-order valence-corrected chi connectivity index (χ1v) is 7.92. The van der Waals surface area contributed by atoms with E-state index in [1.54, 1.807) is 15.3 Å². The number of nitrogens with zero attached hydrogens (tertiary/aromatic N) is 5. The van der Waals surface area contributed by atoms with Crippen molar-refractivity contribution in [3.63, 3.8) is 0 Å². The van der Waals surface area contributed by atoms with Crippen molar-refractivity contribution in [2.45, 2.75) is 39.0 Å². The topological polar surface area (TPSA) is 87.4 Å². The third kappa shape index (κ3) is 2.70. The minimum Gasteiger partial charge on any atom is -0.408 e. The summed E-state index contributed by atoms with van der Waals surface area (Å²) in [7, 11) is 0. The summed E-state index contributed by atoms with van der Waals surface area (Å²) >= 11 is 0. The molecule has 1 aliphatic heterocycles. The zero-order valence-corrected chi connectivity index (χ0v) is 13.3. The second kappa shape index (κ2) is 5.95. The fourth-order valence-corrected chi connectivity index (χ4v) is 2.83. The van der Waals surface area contributed by atoms with Gasteiger partial charge in [-0.25, -0.2) is 9.48 Å². The Hall–Kier alpha value is -2.90. The van der Waals surface area contributed by atoms with Gasteiger partial charge in [0.1, 0.15) is 5.69 Å². The summed E-state index contributed by atoms with van der Waals surface area (Å²) in [5.74, 6) is -0.397. The number of para-hydroxylation sites is 2. The zero-order valence-electron chi connectivity index (χ0n) is 13.3. The van der Waals surface area contributed by atoms with E-state index in [0.29, 0.717) is 24.4 Å². The van der Waals surface area contributed by atoms with E-state index in [0.717, 1.165) is 24.1 Å². The molecule has 0 saturated carbocycles. The molecule has 24 heavy (non-hydrogen) atoms. The van der Waals surface area contributed by atoms with Crippen LogP contribution in [-0.2, 0) is 17.9 Å². The minimum absolute atomic E-state index is 0.00743. The summed E-state index contributed by atoms with van der Waals surface area (Å²) < 4.78 is 8.50. The van der Waals surface area contributed by atoms with Crippen LogP contribution in [0.5, 0.6) is 0 Å². The molecule has 0 amide bonds. The van der Waals surface area contributed by atoms with Crippen LogP contribution in [0.3, 0.4) is 0 Å². The lowest BCUT2D eigenvalue weighted by Gasteiger charge is -2.06. The van der Waals surface area contributed by atoms with E-state index in [1.807, 2.05) is 24.4 Å². The second-order valence-electron chi connectivity index (χ2n) is 5.80. The zero-order chi connectivity index (χ0) is 16.5. The number of aromatic nitrogens is 4. The van der Waals surface area contributed by atoms with Crippen LogP contribution in [0.15, 0.2) is 44.8 Å². The third-order valence-corrected chi connectivity index (χ3v) is 4.07. The van der Waals surface area contributed by atoms with Crippen molar-refractivity contribution in [2.24, 2.45) is 5.16 Å². The van der Waals surface area contributed by atoms with E-state index in [4.69, 9.17) is 9.25 Å². The molecule has 1 atom stereocenters. The molecule has 0 fully saturated rings. The molecule has 0 spiro atoms. The molecule has 0 saturated heterocycles. The Morgan fingerprint density at radius 1 is 1.33 bits per heavy atom. The molecular formula is C16H17N5O3. The molecule has 124 valence electrons. The predicted molar refractivity (Wildman–Crippen MR) is 86.8 cm³/mol. The van der Waals surface area contributed by atoms with E-state index < -0.39 is 5.76 Å². The number of hydrogen-bond donors (Lipinski definition) is 0. The molecule has 0 radical (unpaired) electrons. The van der Waals surface area contributed by atoms with Crippen molar-refractivity contribution >= 4 is 16.8 Å². The number of rotatable bonds is 5. The molecule has 3 aromatic rings. The van der Waals surface area contributed by atoms with Gasteiger partial charge in [0.05, 0.1) is 30.5 Å². The summed E-state index contributed by atoms with van der Waals surface area (Å²) in [6.07, 6.45) is 3.53.